The topological polar surface area (TPSA) is 66.8 Å². The van der Waals surface area contributed by atoms with Gasteiger partial charge in [-0.05, 0) is 6.42 Å². The summed E-state index contributed by atoms with van der Waals surface area (Å²) in [5.74, 6) is 0. The predicted octanol–water partition coefficient (Wildman–Crippen LogP) is 3.55. The smallest absolute Gasteiger partial charge is 1.00 e. The number of unbranched alkanes of at least 4 members (excludes halogenated alkanes) is 9. The fraction of sp³-hybridized carbons (Fsp3) is 1.00. The summed E-state index contributed by atoms with van der Waals surface area (Å²) in [5, 5.41) is 0. The molecule has 0 aliphatic rings. The number of rotatable bonds is 12. The van der Waals surface area contributed by atoms with Crippen molar-refractivity contribution in [2.45, 2.75) is 71.1 Å². The van der Waals surface area contributed by atoms with Crippen LogP contribution in [0, 0.1) is 0 Å². The average Bonchev–Trinajstić information content (AvgIpc) is 2.24. The minimum absolute atomic E-state index is 0. The normalized spacial score (nSPS) is 10.2. The molecular weight excluding hydrogens is 312 g/mol. The van der Waals surface area contributed by atoms with Gasteiger partial charge in [0.2, 0.25) is 0 Å². The third kappa shape index (κ3) is 28.6. The Bertz CT molecular complexity index is 235. The van der Waals surface area contributed by atoms with E-state index in [0.29, 0.717) is 0 Å². The first-order valence-electron chi connectivity index (χ1n) is 6.76. The van der Waals surface area contributed by atoms with Crippen LogP contribution < -0.4 is 0 Å². The van der Waals surface area contributed by atoms with Crippen LogP contribution in [-0.2, 0) is 9.09 Å². The minimum atomic E-state index is -4.24. The van der Waals surface area contributed by atoms with Crippen LogP contribution in [0.15, 0.2) is 0 Å². The van der Waals surface area contributed by atoms with E-state index in [4.69, 9.17) is 9.79 Å². The van der Waals surface area contributed by atoms with Crippen molar-refractivity contribution in [3.8, 4) is 0 Å². The van der Waals surface area contributed by atoms with Gasteiger partial charge >= 0.3 is 77.0 Å². The molecule has 0 aliphatic carbocycles. The van der Waals surface area contributed by atoms with E-state index in [-0.39, 0.29) is 84.3 Å². The van der Waals surface area contributed by atoms with Crippen molar-refractivity contribution in [3.63, 3.8) is 0 Å². The molecule has 0 bridgehead atoms. The standard InChI is InChI=1S/C12H27O4P.3Mg.6H/c1-2-3-4-5-6-7-8-9-10-11-12-16-17(13,14)15;;;;;;;;;/h2-12H2,1H3,(H2,13,14,15);;;;;;;;;/q;3*+2;6*-1. The zero-order chi connectivity index (χ0) is 13.0. The zero-order valence-corrected chi connectivity index (χ0v) is 18.2. The van der Waals surface area contributed by atoms with Crippen LogP contribution in [0.3, 0.4) is 0 Å². The second-order valence-corrected chi connectivity index (χ2v) is 5.75. The van der Waals surface area contributed by atoms with Crippen LogP contribution in [0.5, 0.6) is 0 Å². The van der Waals surface area contributed by atoms with Gasteiger partial charge in [-0.3, -0.25) is 4.52 Å². The van der Waals surface area contributed by atoms with Crippen molar-refractivity contribution in [2.75, 3.05) is 6.61 Å². The minimum Gasteiger partial charge on any atom is -1.00 e. The van der Waals surface area contributed by atoms with E-state index >= 15 is 0 Å². The molecule has 0 spiro atoms. The summed E-state index contributed by atoms with van der Waals surface area (Å²) >= 11 is 0. The molecular formula is C12H33Mg3O4P. The Morgan fingerprint density at radius 3 is 1.50 bits per heavy atom. The molecule has 0 heterocycles. The van der Waals surface area contributed by atoms with E-state index in [2.05, 4.69) is 11.4 Å². The molecule has 0 amide bonds. The second-order valence-electron chi connectivity index (χ2n) is 4.51. The molecule has 4 nitrogen and oxygen atoms in total. The van der Waals surface area contributed by atoms with E-state index in [1.807, 2.05) is 0 Å². The van der Waals surface area contributed by atoms with Gasteiger partial charge in [0, 0.05) is 0 Å². The Balaban J connectivity index is -0.0000000356. The first kappa shape index (κ1) is 30.3. The molecule has 0 aromatic heterocycles. The van der Waals surface area contributed by atoms with Gasteiger partial charge in [-0.2, -0.15) is 0 Å². The maximum Gasteiger partial charge on any atom is 2.00 e. The van der Waals surface area contributed by atoms with Crippen LogP contribution >= 0.6 is 7.82 Å². The van der Waals surface area contributed by atoms with Crippen molar-refractivity contribution in [2.24, 2.45) is 0 Å². The molecule has 0 saturated carbocycles. The van der Waals surface area contributed by atoms with Crippen LogP contribution in [0.2, 0.25) is 0 Å². The van der Waals surface area contributed by atoms with Crippen molar-refractivity contribution < 1.29 is 27.4 Å². The maximum atomic E-state index is 10.4. The molecule has 0 aromatic carbocycles. The number of hydrogen-bond acceptors (Lipinski definition) is 2. The average molecular weight is 345 g/mol. The van der Waals surface area contributed by atoms with Gasteiger partial charge in [0.15, 0.2) is 0 Å². The molecule has 0 saturated heterocycles. The van der Waals surface area contributed by atoms with Crippen molar-refractivity contribution in [1.29, 1.82) is 0 Å². The van der Waals surface area contributed by atoms with Gasteiger partial charge < -0.3 is 18.3 Å². The fourth-order valence-electron chi connectivity index (χ4n) is 1.77. The van der Waals surface area contributed by atoms with Gasteiger partial charge in [0.1, 0.15) is 0 Å². The molecule has 0 radical (unpaired) electrons. The Labute approximate surface area is 181 Å². The van der Waals surface area contributed by atoms with Crippen molar-refractivity contribution >= 4 is 77.0 Å². The Morgan fingerprint density at radius 2 is 1.15 bits per heavy atom. The summed E-state index contributed by atoms with van der Waals surface area (Å²) in [6.45, 7) is 2.39. The molecule has 8 heteroatoms. The van der Waals surface area contributed by atoms with Gasteiger partial charge in [-0.1, -0.05) is 64.7 Å². The van der Waals surface area contributed by atoms with Crippen LogP contribution in [0.4, 0.5) is 0 Å². The number of hydrogen-bond donors (Lipinski definition) is 2. The summed E-state index contributed by atoms with van der Waals surface area (Å²) in [5.41, 5.74) is 0. The molecule has 0 aliphatic heterocycles. The zero-order valence-electron chi connectivity index (χ0n) is 19.1. The van der Waals surface area contributed by atoms with Crippen molar-refractivity contribution in [1.82, 2.24) is 0 Å². The monoisotopic (exact) mass is 344 g/mol. The molecule has 0 aromatic rings. The van der Waals surface area contributed by atoms with Gasteiger partial charge in [0.05, 0.1) is 6.61 Å². The molecule has 116 valence electrons. The predicted molar refractivity (Wildman–Crippen MR) is 93.8 cm³/mol. The summed E-state index contributed by atoms with van der Waals surface area (Å²) in [4.78, 5) is 16.9. The van der Waals surface area contributed by atoms with Crippen molar-refractivity contribution in [3.05, 3.63) is 0 Å². The fourth-order valence-corrected chi connectivity index (χ4v) is 2.14. The molecule has 0 unspecified atom stereocenters. The summed E-state index contributed by atoms with van der Waals surface area (Å²) in [6.07, 6.45) is 12.0. The van der Waals surface area contributed by atoms with Crippen LogP contribution in [0.25, 0.3) is 0 Å². The summed E-state index contributed by atoms with van der Waals surface area (Å²) in [7, 11) is -4.24. The Kier molecular flexibility index (Phi) is 32.4. The van der Waals surface area contributed by atoms with E-state index in [9.17, 15) is 4.57 Å². The van der Waals surface area contributed by atoms with Gasteiger partial charge in [0.25, 0.3) is 0 Å². The Hall–Kier alpha value is 2.41. The summed E-state index contributed by atoms with van der Waals surface area (Å²) < 4.78 is 14.7. The molecule has 0 fully saturated rings. The van der Waals surface area contributed by atoms with E-state index in [1.165, 1.54) is 44.9 Å². The quantitative estimate of drug-likeness (QED) is 0.322. The van der Waals surface area contributed by atoms with Gasteiger partial charge in [-0.25, -0.2) is 4.57 Å². The van der Waals surface area contributed by atoms with Gasteiger partial charge in [-0.15, -0.1) is 0 Å². The van der Waals surface area contributed by atoms with E-state index in [1.54, 1.807) is 0 Å². The molecule has 0 rings (SSSR count). The van der Waals surface area contributed by atoms with E-state index < -0.39 is 7.82 Å². The van der Waals surface area contributed by atoms with Crippen LogP contribution in [-0.4, -0.2) is 85.6 Å². The molecule has 0 atom stereocenters. The Morgan fingerprint density at radius 1 is 0.800 bits per heavy atom. The number of phosphoric acid groups is 1. The molecule has 2 N–H and O–H groups in total. The third-order valence-corrected chi connectivity index (χ3v) is 3.28. The third-order valence-electron chi connectivity index (χ3n) is 2.76. The molecule has 20 heavy (non-hydrogen) atoms. The maximum absolute atomic E-state index is 10.4. The summed E-state index contributed by atoms with van der Waals surface area (Å²) in [6, 6.07) is 0. The van der Waals surface area contributed by atoms with E-state index in [0.717, 1.165) is 19.3 Å². The second kappa shape index (κ2) is 21.4. The SMILES string of the molecule is CCCCCCCCCCCCOP(=O)(O)O.[H-].[H-].[H-].[H-].[H-].[H-].[Mg+2].[Mg+2].[Mg+2]. The largest absolute Gasteiger partial charge is 2.00 e. The number of phosphoric ester groups is 1. The first-order valence-corrected chi connectivity index (χ1v) is 8.29. The van der Waals surface area contributed by atoms with Crippen LogP contribution in [0.1, 0.15) is 79.7 Å². The first-order chi connectivity index (χ1) is 8.06.